The molecule has 1 unspecified atom stereocenters. The monoisotopic (exact) mass is 389 g/mol. The number of anilines is 1. The summed E-state index contributed by atoms with van der Waals surface area (Å²) in [4.78, 5) is 12.5. The quantitative estimate of drug-likeness (QED) is 0.424. The standard InChI is InChI=1S/C16H21F2N3O4S/c1-3-12(19-20-13-6-4-5-9-25-13)16(22)10-7-8-11(17)15(14(10)18)21-26(2,23)24/h7-8,13,20-21H,3-6,9H2,1-2H3/b19-12+. The van der Waals surface area contributed by atoms with E-state index in [2.05, 4.69) is 10.5 Å². The molecule has 0 aromatic heterocycles. The van der Waals surface area contributed by atoms with E-state index in [4.69, 9.17) is 4.74 Å². The molecule has 1 aliphatic heterocycles. The van der Waals surface area contributed by atoms with Gasteiger partial charge in [0.1, 0.15) is 23.4 Å². The Morgan fingerprint density at radius 1 is 1.35 bits per heavy atom. The highest BCUT2D eigenvalue weighted by molar-refractivity contribution is 7.92. The molecule has 2 rings (SSSR count). The molecule has 1 saturated heterocycles. The summed E-state index contributed by atoms with van der Waals surface area (Å²) in [6, 6.07) is 1.79. The van der Waals surface area contributed by atoms with Crippen LogP contribution in [0.5, 0.6) is 0 Å². The van der Waals surface area contributed by atoms with Gasteiger partial charge in [-0.3, -0.25) is 14.9 Å². The molecule has 0 spiro atoms. The number of ether oxygens (including phenoxy) is 1. The zero-order valence-corrected chi connectivity index (χ0v) is 15.3. The van der Waals surface area contributed by atoms with Crippen LogP contribution < -0.4 is 10.1 Å². The average Bonchev–Trinajstić information content (AvgIpc) is 2.59. The van der Waals surface area contributed by atoms with Crippen molar-refractivity contribution in [3.05, 3.63) is 29.3 Å². The Morgan fingerprint density at radius 3 is 2.65 bits per heavy atom. The molecule has 26 heavy (non-hydrogen) atoms. The fraction of sp³-hybridized carbons (Fsp3) is 0.500. The van der Waals surface area contributed by atoms with E-state index in [-0.39, 0.29) is 18.4 Å². The second kappa shape index (κ2) is 8.54. The normalized spacial score (nSPS) is 18.5. The fourth-order valence-electron chi connectivity index (χ4n) is 2.45. The summed E-state index contributed by atoms with van der Waals surface area (Å²) >= 11 is 0. The van der Waals surface area contributed by atoms with Crippen LogP contribution in [0.3, 0.4) is 0 Å². The van der Waals surface area contributed by atoms with Crippen molar-refractivity contribution in [2.75, 3.05) is 17.6 Å². The van der Waals surface area contributed by atoms with Crippen molar-refractivity contribution in [2.24, 2.45) is 5.10 Å². The minimum absolute atomic E-state index is 0.0231. The van der Waals surface area contributed by atoms with Crippen LogP contribution in [0, 0.1) is 11.6 Å². The molecule has 10 heteroatoms. The Morgan fingerprint density at radius 2 is 2.08 bits per heavy atom. The number of benzene rings is 1. The number of carbonyl (C=O) groups is 1. The molecule has 1 atom stereocenters. The summed E-state index contributed by atoms with van der Waals surface area (Å²) in [5.74, 6) is -3.16. The van der Waals surface area contributed by atoms with Gasteiger partial charge in [0, 0.05) is 6.61 Å². The van der Waals surface area contributed by atoms with Crippen molar-refractivity contribution < 1.29 is 26.7 Å². The van der Waals surface area contributed by atoms with Gasteiger partial charge < -0.3 is 4.74 Å². The lowest BCUT2D eigenvalue weighted by Gasteiger charge is -2.22. The smallest absolute Gasteiger partial charge is 0.230 e. The van der Waals surface area contributed by atoms with Crippen LogP contribution in [0.1, 0.15) is 43.0 Å². The number of rotatable bonds is 7. The lowest BCUT2D eigenvalue weighted by Crippen LogP contribution is -2.33. The van der Waals surface area contributed by atoms with Crippen molar-refractivity contribution in [3.8, 4) is 0 Å². The molecule has 2 N–H and O–H groups in total. The fourth-order valence-corrected chi connectivity index (χ4v) is 3.00. The Balaban J connectivity index is 2.27. The van der Waals surface area contributed by atoms with Gasteiger partial charge in [-0.2, -0.15) is 5.10 Å². The van der Waals surface area contributed by atoms with E-state index >= 15 is 0 Å². The van der Waals surface area contributed by atoms with Crippen molar-refractivity contribution in [1.82, 2.24) is 5.43 Å². The molecular formula is C16H21F2N3O4S. The number of halogens is 2. The summed E-state index contributed by atoms with van der Waals surface area (Å²) in [6.45, 7) is 2.26. The first-order chi connectivity index (χ1) is 12.2. The Kier molecular flexibility index (Phi) is 6.65. The second-order valence-corrected chi connectivity index (χ2v) is 7.63. The molecule has 1 fully saturated rings. The molecule has 144 valence electrons. The molecule has 7 nitrogen and oxygen atoms in total. The van der Waals surface area contributed by atoms with Gasteiger partial charge in [-0.1, -0.05) is 6.92 Å². The van der Waals surface area contributed by atoms with Gasteiger partial charge in [0.05, 0.1) is 11.8 Å². The zero-order chi connectivity index (χ0) is 19.3. The van der Waals surface area contributed by atoms with Crippen LogP contribution in [-0.4, -0.2) is 39.0 Å². The number of hydrogen-bond acceptors (Lipinski definition) is 6. The SMILES string of the molecule is CC/C(=N\NC1CCCCO1)C(=O)c1ccc(F)c(NS(C)(=O)=O)c1F. The summed E-state index contributed by atoms with van der Waals surface area (Å²) < 4.78 is 58.0. The summed E-state index contributed by atoms with van der Waals surface area (Å²) in [7, 11) is -3.92. The first-order valence-electron chi connectivity index (χ1n) is 8.17. The van der Waals surface area contributed by atoms with Crippen molar-refractivity contribution in [3.63, 3.8) is 0 Å². The van der Waals surface area contributed by atoms with Crippen LogP contribution in [0.25, 0.3) is 0 Å². The molecule has 0 aliphatic carbocycles. The summed E-state index contributed by atoms with van der Waals surface area (Å²) in [6.07, 6.45) is 3.30. The van der Waals surface area contributed by atoms with Gasteiger partial charge in [-0.15, -0.1) is 0 Å². The first-order valence-corrected chi connectivity index (χ1v) is 10.1. The minimum atomic E-state index is -3.92. The Hall–Kier alpha value is -2.07. The highest BCUT2D eigenvalue weighted by Crippen LogP contribution is 2.24. The third-order valence-electron chi connectivity index (χ3n) is 3.74. The number of Topliss-reactive ketones (excluding diaryl/α,β-unsaturated/α-hetero) is 1. The Bertz CT molecular complexity index is 806. The Labute approximate surface area is 150 Å². The number of hydrogen-bond donors (Lipinski definition) is 2. The van der Waals surface area contributed by atoms with Gasteiger partial charge in [0.25, 0.3) is 0 Å². The number of sulfonamides is 1. The van der Waals surface area contributed by atoms with Gasteiger partial charge in [0.2, 0.25) is 15.8 Å². The van der Waals surface area contributed by atoms with Crippen LogP contribution in [0.4, 0.5) is 14.5 Å². The lowest BCUT2D eigenvalue weighted by molar-refractivity contribution is -0.00454. The molecule has 1 aromatic carbocycles. The third-order valence-corrected chi connectivity index (χ3v) is 4.32. The molecule has 1 aliphatic rings. The van der Waals surface area contributed by atoms with E-state index in [1.807, 2.05) is 0 Å². The molecule has 1 heterocycles. The van der Waals surface area contributed by atoms with Gasteiger partial charge in [-0.25, -0.2) is 17.2 Å². The van der Waals surface area contributed by atoms with Crippen LogP contribution in [0.2, 0.25) is 0 Å². The van der Waals surface area contributed by atoms with E-state index in [0.717, 1.165) is 37.7 Å². The van der Waals surface area contributed by atoms with Crippen LogP contribution in [-0.2, 0) is 14.8 Å². The number of nitrogens with zero attached hydrogens (tertiary/aromatic N) is 1. The maximum absolute atomic E-state index is 14.5. The van der Waals surface area contributed by atoms with Crippen molar-refractivity contribution >= 4 is 27.2 Å². The van der Waals surface area contributed by atoms with Gasteiger partial charge >= 0.3 is 0 Å². The molecule has 0 saturated carbocycles. The average molecular weight is 389 g/mol. The minimum Gasteiger partial charge on any atom is -0.357 e. The first kappa shape index (κ1) is 20.2. The molecule has 0 radical (unpaired) electrons. The number of nitrogens with one attached hydrogen (secondary N) is 2. The highest BCUT2D eigenvalue weighted by Gasteiger charge is 2.24. The van der Waals surface area contributed by atoms with E-state index in [1.54, 1.807) is 11.6 Å². The van der Waals surface area contributed by atoms with Crippen molar-refractivity contribution in [2.45, 2.75) is 38.8 Å². The van der Waals surface area contributed by atoms with E-state index in [0.29, 0.717) is 6.61 Å². The molecule has 0 amide bonds. The maximum atomic E-state index is 14.5. The highest BCUT2D eigenvalue weighted by atomic mass is 32.2. The van der Waals surface area contributed by atoms with Crippen LogP contribution >= 0.6 is 0 Å². The summed E-state index contributed by atoms with van der Waals surface area (Å²) in [5, 5.41) is 4.00. The number of carbonyl (C=O) groups excluding carboxylic acids is 1. The number of hydrazone groups is 1. The predicted molar refractivity (Wildman–Crippen MR) is 93.6 cm³/mol. The summed E-state index contributed by atoms with van der Waals surface area (Å²) in [5.41, 5.74) is 1.41. The second-order valence-electron chi connectivity index (χ2n) is 5.88. The third kappa shape index (κ3) is 5.21. The van der Waals surface area contributed by atoms with Gasteiger partial charge in [-0.05, 0) is 37.8 Å². The number of ketones is 1. The van der Waals surface area contributed by atoms with Gasteiger partial charge in [0.15, 0.2) is 5.82 Å². The molecular weight excluding hydrogens is 368 g/mol. The van der Waals surface area contributed by atoms with E-state index < -0.39 is 38.7 Å². The molecule has 0 bridgehead atoms. The molecule has 1 aromatic rings. The van der Waals surface area contributed by atoms with E-state index in [1.165, 1.54) is 0 Å². The maximum Gasteiger partial charge on any atom is 0.230 e. The van der Waals surface area contributed by atoms with E-state index in [9.17, 15) is 22.0 Å². The van der Waals surface area contributed by atoms with Crippen LogP contribution in [0.15, 0.2) is 17.2 Å². The lowest BCUT2D eigenvalue weighted by atomic mass is 10.0. The largest absolute Gasteiger partial charge is 0.357 e. The zero-order valence-electron chi connectivity index (χ0n) is 14.5. The van der Waals surface area contributed by atoms with Crippen molar-refractivity contribution in [1.29, 1.82) is 0 Å². The predicted octanol–water partition coefficient (Wildman–Crippen LogP) is 2.40. The topological polar surface area (TPSA) is 96.9 Å².